The molecule has 1 unspecified atom stereocenters. The van der Waals surface area contributed by atoms with Crippen molar-refractivity contribution in [3.8, 4) is 6.07 Å². The van der Waals surface area contributed by atoms with Crippen LogP contribution in [-0.2, 0) is 4.84 Å². The van der Waals surface area contributed by atoms with Crippen molar-refractivity contribution in [3.63, 3.8) is 0 Å². The molecule has 0 bridgehead atoms. The minimum atomic E-state index is -0.366. The summed E-state index contributed by atoms with van der Waals surface area (Å²) in [6, 6.07) is 8.96. The number of carbonyl (C=O) groups excluding carboxylic acids is 1. The highest BCUT2D eigenvalue weighted by molar-refractivity contribution is 5.88. The lowest BCUT2D eigenvalue weighted by Gasteiger charge is -2.15. The molecule has 1 rings (SSSR count). The Morgan fingerprint density at radius 3 is 2.88 bits per heavy atom. The number of hydrogen-bond acceptors (Lipinski definition) is 3. The van der Waals surface area contributed by atoms with Gasteiger partial charge in [-0.3, -0.25) is 4.84 Å². The predicted molar refractivity (Wildman–Crippen MR) is 64.3 cm³/mol. The Balaban J connectivity index is 2.80. The summed E-state index contributed by atoms with van der Waals surface area (Å²) in [5.74, 6) is -0.202. The Bertz CT molecular complexity index is 440. The first-order valence-electron chi connectivity index (χ1n) is 5.17. The van der Waals surface area contributed by atoms with E-state index in [1.165, 1.54) is 14.2 Å². The molecule has 0 fully saturated rings. The van der Waals surface area contributed by atoms with Crippen LogP contribution in [0.2, 0.25) is 0 Å². The van der Waals surface area contributed by atoms with Crippen LogP contribution in [-0.4, -0.2) is 25.3 Å². The molecule has 90 valence electrons. The number of benzene rings is 1. The largest absolute Gasteiger partial charge is 0.345 e. The third kappa shape index (κ3) is 3.47. The lowest BCUT2D eigenvalue weighted by molar-refractivity contribution is -0.0598. The molecule has 1 atom stereocenters. The van der Waals surface area contributed by atoms with Gasteiger partial charge in [-0.1, -0.05) is 12.1 Å². The van der Waals surface area contributed by atoms with Crippen LogP contribution in [0.1, 0.15) is 18.4 Å². The zero-order valence-corrected chi connectivity index (χ0v) is 10.1. The molecule has 17 heavy (non-hydrogen) atoms. The summed E-state index contributed by atoms with van der Waals surface area (Å²) in [6.45, 7) is 1.81. The van der Waals surface area contributed by atoms with Gasteiger partial charge in [0.05, 0.1) is 19.1 Å². The van der Waals surface area contributed by atoms with E-state index in [1.54, 1.807) is 18.2 Å². The van der Waals surface area contributed by atoms with Gasteiger partial charge in [0.15, 0.2) is 0 Å². The molecule has 1 aromatic carbocycles. The fourth-order valence-electron chi connectivity index (χ4n) is 1.25. The number of nitrogens with zero attached hydrogens (tertiary/aromatic N) is 2. The zero-order valence-electron chi connectivity index (χ0n) is 10.1. The Morgan fingerprint density at radius 1 is 1.59 bits per heavy atom. The molecule has 2 amide bonds. The third-order valence-corrected chi connectivity index (χ3v) is 2.39. The Morgan fingerprint density at radius 2 is 2.29 bits per heavy atom. The molecule has 0 spiro atoms. The quantitative estimate of drug-likeness (QED) is 0.815. The molecule has 0 aliphatic rings. The summed E-state index contributed by atoms with van der Waals surface area (Å²) in [5, 5.41) is 12.6. The summed E-state index contributed by atoms with van der Waals surface area (Å²) >= 11 is 0. The molecule has 0 heterocycles. The first kappa shape index (κ1) is 13.0. The second kappa shape index (κ2) is 5.87. The van der Waals surface area contributed by atoms with E-state index < -0.39 is 0 Å². The lowest BCUT2D eigenvalue weighted by Crippen LogP contribution is -2.30. The van der Waals surface area contributed by atoms with Gasteiger partial charge in [0.25, 0.3) is 0 Å². The molecular formula is C12H15N3O2. The van der Waals surface area contributed by atoms with E-state index in [1.807, 2.05) is 13.0 Å². The van der Waals surface area contributed by atoms with Gasteiger partial charge in [-0.2, -0.15) is 5.26 Å². The smallest absolute Gasteiger partial charge is 0.306 e. The molecule has 0 aromatic heterocycles. The van der Waals surface area contributed by atoms with Crippen molar-refractivity contribution in [3.05, 3.63) is 29.8 Å². The number of carbonyl (C=O) groups is 1. The van der Waals surface area contributed by atoms with Crippen LogP contribution in [0.25, 0.3) is 0 Å². The van der Waals surface area contributed by atoms with Gasteiger partial charge in [0.1, 0.15) is 0 Å². The molecule has 1 N–H and O–H groups in total. The zero-order chi connectivity index (χ0) is 12.8. The molecular weight excluding hydrogens is 218 g/mol. The van der Waals surface area contributed by atoms with Crippen LogP contribution >= 0.6 is 0 Å². The number of rotatable bonds is 3. The first-order chi connectivity index (χ1) is 8.08. The maximum absolute atomic E-state index is 11.5. The van der Waals surface area contributed by atoms with Gasteiger partial charge in [-0.05, 0) is 24.6 Å². The molecule has 0 aliphatic heterocycles. The Labute approximate surface area is 101 Å². The fraction of sp³-hybridized carbons (Fsp3) is 0.333. The number of anilines is 1. The van der Waals surface area contributed by atoms with E-state index >= 15 is 0 Å². The van der Waals surface area contributed by atoms with Gasteiger partial charge >= 0.3 is 6.03 Å². The summed E-state index contributed by atoms with van der Waals surface area (Å²) in [6.07, 6.45) is 0. The van der Waals surface area contributed by atoms with Crippen LogP contribution < -0.4 is 5.32 Å². The van der Waals surface area contributed by atoms with Crippen molar-refractivity contribution in [2.45, 2.75) is 12.8 Å². The van der Waals surface area contributed by atoms with E-state index in [0.29, 0.717) is 5.69 Å². The van der Waals surface area contributed by atoms with Gasteiger partial charge < -0.3 is 5.32 Å². The number of nitriles is 1. The van der Waals surface area contributed by atoms with Crippen molar-refractivity contribution in [1.29, 1.82) is 5.26 Å². The van der Waals surface area contributed by atoms with E-state index in [2.05, 4.69) is 11.4 Å². The number of hydrogen-bond donors (Lipinski definition) is 1. The lowest BCUT2D eigenvalue weighted by atomic mass is 10.0. The highest BCUT2D eigenvalue weighted by Crippen LogP contribution is 2.18. The van der Waals surface area contributed by atoms with Crippen molar-refractivity contribution in [2.75, 3.05) is 19.5 Å². The number of hydroxylamine groups is 2. The van der Waals surface area contributed by atoms with Crippen molar-refractivity contribution >= 4 is 11.7 Å². The summed E-state index contributed by atoms with van der Waals surface area (Å²) in [5.41, 5.74) is 1.50. The van der Waals surface area contributed by atoms with E-state index in [9.17, 15) is 4.79 Å². The van der Waals surface area contributed by atoms with E-state index in [-0.39, 0.29) is 11.9 Å². The highest BCUT2D eigenvalue weighted by Gasteiger charge is 2.09. The molecule has 0 aliphatic carbocycles. The van der Waals surface area contributed by atoms with Crippen molar-refractivity contribution in [2.24, 2.45) is 0 Å². The van der Waals surface area contributed by atoms with Gasteiger partial charge in [0.2, 0.25) is 0 Å². The van der Waals surface area contributed by atoms with E-state index in [0.717, 1.165) is 10.6 Å². The standard InChI is InChI=1S/C12H15N3O2/c1-9(8-13)10-5-4-6-11(7-10)14-12(16)15(2)17-3/h4-7,9H,1-3H3,(H,14,16). The maximum Gasteiger partial charge on any atom is 0.345 e. The first-order valence-corrected chi connectivity index (χ1v) is 5.17. The SMILES string of the molecule is CON(C)C(=O)Nc1cccc(C(C)C#N)c1. The highest BCUT2D eigenvalue weighted by atomic mass is 16.7. The molecule has 5 nitrogen and oxygen atoms in total. The van der Waals surface area contributed by atoms with Crippen molar-refractivity contribution < 1.29 is 9.63 Å². The minimum absolute atomic E-state index is 0.202. The van der Waals surface area contributed by atoms with Crippen LogP contribution in [0.5, 0.6) is 0 Å². The predicted octanol–water partition coefficient (Wildman–Crippen LogP) is 2.34. The fourth-order valence-corrected chi connectivity index (χ4v) is 1.25. The number of urea groups is 1. The maximum atomic E-state index is 11.5. The summed E-state index contributed by atoms with van der Waals surface area (Å²) in [4.78, 5) is 16.3. The second-order valence-electron chi connectivity index (χ2n) is 3.59. The normalized spacial score (nSPS) is 11.4. The van der Waals surface area contributed by atoms with Crippen molar-refractivity contribution in [1.82, 2.24) is 5.06 Å². The molecule has 0 radical (unpaired) electrons. The van der Waals surface area contributed by atoms with Crippen LogP contribution in [0, 0.1) is 11.3 Å². The molecule has 1 aromatic rings. The molecule has 0 saturated heterocycles. The number of amides is 2. The average molecular weight is 233 g/mol. The summed E-state index contributed by atoms with van der Waals surface area (Å²) < 4.78 is 0. The second-order valence-corrected chi connectivity index (χ2v) is 3.59. The van der Waals surface area contributed by atoms with Gasteiger partial charge in [0, 0.05) is 12.7 Å². The van der Waals surface area contributed by atoms with Gasteiger partial charge in [-0.25, -0.2) is 9.86 Å². The van der Waals surface area contributed by atoms with Crippen LogP contribution in [0.15, 0.2) is 24.3 Å². The molecule has 5 heteroatoms. The molecule has 0 saturated carbocycles. The topological polar surface area (TPSA) is 65.4 Å². The monoisotopic (exact) mass is 233 g/mol. The average Bonchev–Trinajstić information content (AvgIpc) is 2.37. The Hall–Kier alpha value is -2.06. The van der Waals surface area contributed by atoms with E-state index in [4.69, 9.17) is 10.1 Å². The Kier molecular flexibility index (Phi) is 4.49. The minimum Gasteiger partial charge on any atom is -0.306 e. The van der Waals surface area contributed by atoms with Gasteiger partial charge in [-0.15, -0.1) is 0 Å². The number of nitrogens with one attached hydrogen (secondary N) is 1. The third-order valence-electron chi connectivity index (χ3n) is 2.39. The van der Waals surface area contributed by atoms with Crippen LogP contribution in [0.4, 0.5) is 10.5 Å². The van der Waals surface area contributed by atoms with Crippen LogP contribution in [0.3, 0.4) is 0 Å². The summed E-state index contributed by atoms with van der Waals surface area (Å²) in [7, 11) is 2.92.